The molecule has 0 aliphatic heterocycles. The van der Waals surface area contributed by atoms with Crippen LogP contribution in [0.4, 0.5) is 5.69 Å². The number of methoxy groups -OCH3 is 2. The lowest BCUT2D eigenvalue weighted by Crippen LogP contribution is -2.19. The number of hydrogen-bond acceptors (Lipinski definition) is 7. The van der Waals surface area contributed by atoms with Crippen molar-refractivity contribution in [2.45, 2.75) is 13.0 Å². The number of benzene rings is 3. The molecule has 0 saturated carbocycles. The predicted molar refractivity (Wildman–Crippen MR) is 123 cm³/mol. The van der Waals surface area contributed by atoms with Crippen molar-refractivity contribution in [3.8, 4) is 17.2 Å². The number of carbonyl (C=O) groups excluding carboxylic acids is 1. The Labute approximate surface area is 190 Å². The van der Waals surface area contributed by atoms with Gasteiger partial charge in [0, 0.05) is 12.1 Å². The fraction of sp³-hybridized carbons (Fsp3) is 0.167. The largest absolute Gasteiger partial charge is 0.493 e. The van der Waals surface area contributed by atoms with Crippen LogP contribution in [0.5, 0.6) is 17.2 Å². The van der Waals surface area contributed by atoms with E-state index in [1.54, 1.807) is 61.7 Å². The van der Waals surface area contributed by atoms with Crippen LogP contribution in [0.3, 0.4) is 0 Å². The minimum Gasteiger partial charge on any atom is -0.493 e. The smallest absolute Gasteiger partial charge is 0.269 e. The molecule has 0 saturated heterocycles. The second-order valence-corrected chi connectivity index (χ2v) is 6.94. The van der Waals surface area contributed by atoms with Gasteiger partial charge in [0.1, 0.15) is 12.4 Å². The highest BCUT2D eigenvalue weighted by Gasteiger charge is 2.08. The van der Waals surface area contributed by atoms with Crippen LogP contribution < -0.4 is 19.6 Å². The Bertz CT molecular complexity index is 1130. The van der Waals surface area contributed by atoms with E-state index in [2.05, 4.69) is 10.5 Å². The molecule has 1 N–H and O–H groups in total. The van der Waals surface area contributed by atoms with E-state index in [9.17, 15) is 14.9 Å². The van der Waals surface area contributed by atoms with E-state index >= 15 is 0 Å². The van der Waals surface area contributed by atoms with Crippen molar-refractivity contribution in [3.63, 3.8) is 0 Å². The van der Waals surface area contributed by atoms with E-state index in [0.717, 1.165) is 16.7 Å². The molecule has 0 bridgehead atoms. The molecule has 170 valence electrons. The van der Waals surface area contributed by atoms with Crippen LogP contribution in [0.2, 0.25) is 0 Å². The van der Waals surface area contributed by atoms with Crippen LogP contribution in [0.15, 0.2) is 71.8 Å². The SMILES string of the molecule is COc1ccc(CC(=O)N/N=C\c2ccc(OCc3ccc([N+](=O)[O-])cc3)cc2)cc1OC. The summed E-state index contributed by atoms with van der Waals surface area (Å²) >= 11 is 0. The van der Waals surface area contributed by atoms with Gasteiger partial charge >= 0.3 is 0 Å². The van der Waals surface area contributed by atoms with Gasteiger partial charge in [-0.25, -0.2) is 5.43 Å². The van der Waals surface area contributed by atoms with Crippen LogP contribution in [0.1, 0.15) is 16.7 Å². The number of nitro benzene ring substituents is 1. The van der Waals surface area contributed by atoms with E-state index in [1.807, 2.05) is 0 Å². The number of nitrogens with zero attached hydrogens (tertiary/aromatic N) is 2. The maximum Gasteiger partial charge on any atom is 0.269 e. The first-order chi connectivity index (χ1) is 16.0. The number of nitrogens with one attached hydrogen (secondary N) is 1. The van der Waals surface area contributed by atoms with Crippen molar-refractivity contribution >= 4 is 17.8 Å². The molecule has 3 rings (SSSR count). The zero-order valence-electron chi connectivity index (χ0n) is 18.2. The summed E-state index contributed by atoms with van der Waals surface area (Å²) in [6, 6.07) is 18.6. The number of carbonyl (C=O) groups is 1. The first-order valence-corrected chi connectivity index (χ1v) is 9.97. The van der Waals surface area contributed by atoms with Gasteiger partial charge in [-0.1, -0.05) is 6.07 Å². The highest BCUT2D eigenvalue weighted by atomic mass is 16.6. The van der Waals surface area contributed by atoms with Crippen LogP contribution >= 0.6 is 0 Å². The molecule has 9 nitrogen and oxygen atoms in total. The molecular formula is C24H23N3O6. The third-order valence-electron chi connectivity index (χ3n) is 4.65. The minimum atomic E-state index is -0.441. The molecule has 0 aliphatic carbocycles. The van der Waals surface area contributed by atoms with Gasteiger partial charge in [-0.3, -0.25) is 14.9 Å². The number of hydrazone groups is 1. The van der Waals surface area contributed by atoms with Crippen LogP contribution in [0.25, 0.3) is 0 Å². The maximum absolute atomic E-state index is 12.1. The molecule has 0 atom stereocenters. The van der Waals surface area contributed by atoms with Crippen LogP contribution in [-0.2, 0) is 17.8 Å². The van der Waals surface area contributed by atoms with Crippen molar-refractivity contribution < 1.29 is 23.9 Å². The van der Waals surface area contributed by atoms with E-state index in [0.29, 0.717) is 17.2 Å². The topological polar surface area (TPSA) is 112 Å². The minimum absolute atomic E-state index is 0.0400. The molecule has 3 aromatic rings. The molecule has 0 unspecified atom stereocenters. The Morgan fingerprint density at radius 2 is 1.64 bits per heavy atom. The number of rotatable bonds is 10. The summed E-state index contributed by atoms with van der Waals surface area (Å²) < 4.78 is 16.1. The van der Waals surface area contributed by atoms with Gasteiger partial charge < -0.3 is 14.2 Å². The number of nitro groups is 1. The summed E-state index contributed by atoms with van der Waals surface area (Å²) in [7, 11) is 3.09. The van der Waals surface area contributed by atoms with Gasteiger partial charge in [0.25, 0.3) is 5.69 Å². The second-order valence-electron chi connectivity index (χ2n) is 6.94. The lowest BCUT2D eigenvalue weighted by molar-refractivity contribution is -0.384. The summed E-state index contributed by atoms with van der Waals surface area (Å²) in [5, 5.41) is 14.7. The Hall–Kier alpha value is -4.40. The van der Waals surface area contributed by atoms with Gasteiger partial charge in [-0.2, -0.15) is 5.10 Å². The number of amides is 1. The van der Waals surface area contributed by atoms with Crippen molar-refractivity contribution in [1.82, 2.24) is 5.43 Å². The van der Waals surface area contributed by atoms with E-state index in [1.165, 1.54) is 25.5 Å². The summed E-state index contributed by atoms with van der Waals surface area (Å²) in [6.07, 6.45) is 1.68. The normalized spacial score (nSPS) is 10.6. The van der Waals surface area contributed by atoms with Gasteiger partial charge in [0.15, 0.2) is 11.5 Å². The summed E-state index contributed by atoms with van der Waals surface area (Å²) in [4.78, 5) is 22.4. The highest BCUT2D eigenvalue weighted by molar-refractivity contribution is 5.83. The first-order valence-electron chi connectivity index (χ1n) is 9.97. The molecule has 0 spiro atoms. The molecule has 0 fully saturated rings. The summed E-state index contributed by atoms with van der Waals surface area (Å²) in [6.45, 7) is 0.289. The average Bonchev–Trinajstić information content (AvgIpc) is 2.83. The molecule has 0 aliphatic rings. The third kappa shape index (κ3) is 6.79. The lowest BCUT2D eigenvalue weighted by Gasteiger charge is -2.09. The second kappa shape index (κ2) is 11.3. The molecule has 33 heavy (non-hydrogen) atoms. The quantitative estimate of drug-likeness (QED) is 0.286. The van der Waals surface area contributed by atoms with E-state index < -0.39 is 4.92 Å². The molecular weight excluding hydrogens is 426 g/mol. The van der Waals surface area contributed by atoms with Gasteiger partial charge in [0.05, 0.1) is 31.8 Å². The van der Waals surface area contributed by atoms with E-state index in [-0.39, 0.29) is 24.6 Å². The predicted octanol–water partition coefficient (Wildman–Crippen LogP) is 3.88. The van der Waals surface area contributed by atoms with Crippen molar-refractivity contribution in [3.05, 3.63) is 93.5 Å². The zero-order valence-corrected chi connectivity index (χ0v) is 18.2. The monoisotopic (exact) mass is 449 g/mol. The fourth-order valence-corrected chi connectivity index (χ4v) is 2.92. The highest BCUT2D eigenvalue weighted by Crippen LogP contribution is 2.27. The molecule has 3 aromatic carbocycles. The Morgan fingerprint density at radius 1 is 0.970 bits per heavy atom. The zero-order chi connectivity index (χ0) is 23.6. The summed E-state index contributed by atoms with van der Waals surface area (Å²) in [5.74, 6) is 1.53. The molecule has 9 heteroatoms. The Balaban J connectivity index is 1.47. The van der Waals surface area contributed by atoms with Gasteiger partial charge in [-0.05, 0) is 65.2 Å². The van der Waals surface area contributed by atoms with Crippen molar-refractivity contribution in [1.29, 1.82) is 0 Å². The van der Waals surface area contributed by atoms with Crippen LogP contribution in [-0.4, -0.2) is 31.3 Å². The maximum atomic E-state index is 12.1. The van der Waals surface area contributed by atoms with Crippen molar-refractivity contribution in [2.24, 2.45) is 5.10 Å². The first kappa shape index (κ1) is 23.3. The number of non-ortho nitro benzene ring substituents is 1. The number of hydrogen-bond donors (Lipinski definition) is 1. The molecule has 0 heterocycles. The summed E-state index contributed by atoms with van der Waals surface area (Å²) in [5.41, 5.74) is 4.92. The van der Waals surface area contributed by atoms with Gasteiger partial charge in [0.2, 0.25) is 5.91 Å². The Morgan fingerprint density at radius 3 is 2.27 bits per heavy atom. The molecule has 0 radical (unpaired) electrons. The standard InChI is InChI=1S/C24H23N3O6/c1-31-22-12-7-19(13-23(22)32-2)14-24(28)26-25-15-17-5-10-21(11-6-17)33-16-18-3-8-20(9-4-18)27(29)30/h3-13,15H,14,16H2,1-2H3,(H,26,28)/b25-15-. The van der Waals surface area contributed by atoms with Crippen LogP contribution in [0, 0.1) is 10.1 Å². The number of ether oxygens (including phenoxy) is 3. The fourth-order valence-electron chi connectivity index (χ4n) is 2.92. The lowest BCUT2D eigenvalue weighted by atomic mass is 10.1. The third-order valence-corrected chi connectivity index (χ3v) is 4.65. The average molecular weight is 449 g/mol. The van der Waals surface area contributed by atoms with Gasteiger partial charge in [-0.15, -0.1) is 0 Å². The molecule has 1 amide bonds. The Kier molecular flexibility index (Phi) is 7.96. The van der Waals surface area contributed by atoms with E-state index in [4.69, 9.17) is 14.2 Å². The molecule has 0 aromatic heterocycles. The van der Waals surface area contributed by atoms with Crippen molar-refractivity contribution in [2.75, 3.05) is 14.2 Å².